The van der Waals surface area contributed by atoms with Crippen molar-refractivity contribution in [3.05, 3.63) is 17.5 Å². The summed E-state index contributed by atoms with van der Waals surface area (Å²) in [5.41, 5.74) is 0.599. The molecule has 0 aliphatic carbocycles. The summed E-state index contributed by atoms with van der Waals surface area (Å²) < 4.78 is 1.58. The highest BCUT2D eigenvalue weighted by Gasteiger charge is 2.24. The molecule has 108 valence electrons. The molecular formula is C14H25N3O2. The third-order valence-electron chi connectivity index (χ3n) is 3.62. The van der Waals surface area contributed by atoms with Gasteiger partial charge in [0.1, 0.15) is 5.69 Å². The van der Waals surface area contributed by atoms with E-state index in [4.69, 9.17) is 0 Å². The Morgan fingerprint density at radius 1 is 1.47 bits per heavy atom. The SMILES string of the molecule is CCC(O)(CC)CNC(=O)c1cc(C(C)C)nn1C. The van der Waals surface area contributed by atoms with Gasteiger partial charge in [0.2, 0.25) is 0 Å². The van der Waals surface area contributed by atoms with Crippen molar-refractivity contribution >= 4 is 5.91 Å². The van der Waals surface area contributed by atoms with E-state index in [9.17, 15) is 9.90 Å². The highest BCUT2D eigenvalue weighted by Crippen LogP contribution is 2.15. The normalized spacial score (nSPS) is 11.9. The van der Waals surface area contributed by atoms with Crippen LogP contribution in [0.25, 0.3) is 0 Å². The molecule has 1 amide bonds. The predicted octanol–water partition coefficient (Wildman–Crippen LogP) is 1.82. The van der Waals surface area contributed by atoms with E-state index in [1.165, 1.54) is 0 Å². The van der Waals surface area contributed by atoms with Gasteiger partial charge in [0, 0.05) is 13.6 Å². The molecular weight excluding hydrogens is 242 g/mol. The zero-order chi connectivity index (χ0) is 14.6. The lowest BCUT2D eigenvalue weighted by atomic mass is 9.97. The molecule has 0 bridgehead atoms. The average molecular weight is 267 g/mol. The van der Waals surface area contributed by atoms with Crippen LogP contribution in [-0.4, -0.2) is 32.9 Å². The topological polar surface area (TPSA) is 67.2 Å². The number of nitrogens with zero attached hydrogens (tertiary/aromatic N) is 2. The van der Waals surface area contributed by atoms with Gasteiger partial charge in [0.05, 0.1) is 11.3 Å². The number of hydrogen-bond donors (Lipinski definition) is 2. The molecule has 0 unspecified atom stereocenters. The van der Waals surface area contributed by atoms with Gasteiger partial charge in [-0.1, -0.05) is 27.7 Å². The van der Waals surface area contributed by atoms with Crippen molar-refractivity contribution in [1.82, 2.24) is 15.1 Å². The molecule has 0 radical (unpaired) electrons. The van der Waals surface area contributed by atoms with Crippen LogP contribution in [0.1, 0.15) is 62.6 Å². The van der Waals surface area contributed by atoms with Gasteiger partial charge >= 0.3 is 0 Å². The predicted molar refractivity (Wildman–Crippen MR) is 75.2 cm³/mol. The average Bonchev–Trinajstić information content (AvgIpc) is 2.78. The number of aromatic nitrogens is 2. The van der Waals surface area contributed by atoms with E-state index in [1.54, 1.807) is 17.8 Å². The third kappa shape index (κ3) is 3.80. The van der Waals surface area contributed by atoms with Crippen molar-refractivity contribution in [1.29, 1.82) is 0 Å². The van der Waals surface area contributed by atoms with Gasteiger partial charge in [-0.15, -0.1) is 0 Å². The van der Waals surface area contributed by atoms with Gasteiger partial charge < -0.3 is 10.4 Å². The number of amides is 1. The van der Waals surface area contributed by atoms with Crippen molar-refractivity contribution < 1.29 is 9.90 Å². The van der Waals surface area contributed by atoms with Gasteiger partial charge in [0.15, 0.2) is 0 Å². The number of hydrogen-bond acceptors (Lipinski definition) is 3. The molecule has 0 aromatic carbocycles. The van der Waals surface area contributed by atoms with E-state index >= 15 is 0 Å². The molecule has 0 saturated carbocycles. The van der Waals surface area contributed by atoms with Gasteiger partial charge in [-0.3, -0.25) is 9.48 Å². The number of aryl methyl sites for hydroxylation is 1. The maximum absolute atomic E-state index is 12.1. The van der Waals surface area contributed by atoms with E-state index in [2.05, 4.69) is 10.4 Å². The van der Waals surface area contributed by atoms with Crippen molar-refractivity contribution in [3.8, 4) is 0 Å². The zero-order valence-electron chi connectivity index (χ0n) is 12.5. The molecule has 5 heteroatoms. The van der Waals surface area contributed by atoms with Gasteiger partial charge in [-0.25, -0.2) is 0 Å². The summed E-state index contributed by atoms with van der Waals surface area (Å²) >= 11 is 0. The number of aliphatic hydroxyl groups is 1. The second kappa shape index (κ2) is 6.19. The Hall–Kier alpha value is -1.36. The van der Waals surface area contributed by atoms with E-state index in [1.807, 2.05) is 27.7 Å². The smallest absolute Gasteiger partial charge is 0.269 e. The monoisotopic (exact) mass is 267 g/mol. The van der Waals surface area contributed by atoms with Crippen molar-refractivity contribution in [2.24, 2.45) is 7.05 Å². The molecule has 1 rings (SSSR count). The highest BCUT2D eigenvalue weighted by molar-refractivity contribution is 5.92. The number of nitrogens with one attached hydrogen (secondary N) is 1. The van der Waals surface area contributed by atoms with E-state index in [0.29, 0.717) is 18.5 Å². The number of carbonyl (C=O) groups is 1. The molecule has 19 heavy (non-hydrogen) atoms. The minimum atomic E-state index is -0.824. The van der Waals surface area contributed by atoms with Gasteiger partial charge in [-0.05, 0) is 24.8 Å². The summed E-state index contributed by atoms with van der Waals surface area (Å²) in [5.74, 6) is 0.0955. The van der Waals surface area contributed by atoms with Crippen molar-refractivity contribution in [2.45, 2.75) is 52.1 Å². The quantitative estimate of drug-likeness (QED) is 0.826. The van der Waals surface area contributed by atoms with Crippen LogP contribution in [0.5, 0.6) is 0 Å². The lowest BCUT2D eigenvalue weighted by Crippen LogP contribution is -2.42. The lowest BCUT2D eigenvalue weighted by molar-refractivity contribution is 0.0312. The molecule has 5 nitrogen and oxygen atoms in total. The fourth-order valence-electron chi connectivity index (χ4n) is 1.82. The molecule has 0 fully saturated rings. The highest BCUT2D eigenvalue weighted by atomic mass is 16.3. The summed E-state index contributed by atoms with van der Waals surface area (Å²) in [5, 5.41) is 17.2. The first-order valence-corrected chi connectivity index (χ1v) is 6.87. The lowest BCUT2D eigenvalue weighted by Gasteiger charge is -2.25. The fourth-order valence-corrected chi connectivity index (χ4v) is 1.82. The molecule has 1 heterocycles. The van der Waals surface area contributed by atoms with Crippen LogP contribution < -0.4 is 5.32 Å². The summed E-state index contributed by atoms with van der Waals surface area (Å²) in [4.78, 5) is 12.1. The van der Waals surface area contributed by atoms with E-state index < -0.39 is 5.60 Å². The third-order valence-corrected chi connectivity index (χ3v) is 3.62. The van der Waals surface area contributed by atoms with Crippen LogP contribution in [0.3, 0.4) is 0 Å². The first-order valence-electron chi connectivity index (χ1n) is 6.87. The second-order valence-corrected chi connectivity index (χ2v) is 5.35. The number of carbonyl (C=O) groups excluding carboxylic acids is 1. The van der Waals surface area contributed by atoms with E-state index in [0.717, 1.165) is 5.69 Å². The zero-order valence-corrected chi connectivity index (χ0v) is 12.5. The summed E-state index contributed by atoms with van der Waals surface area (Å²) in [6.45, 7) is 8.17. The first-order chi connectivity index (χ1) is 8.83. The van der Waals surface area contributed by atoms with Crippen molar-refractivity contribution in [3.63, 3.8) is 0 Å². The van der Waals surface area contributed by atoms with Crippen LogP contribution >= 0.6 is 0 Å². The minimum Gasteiger partial charge on any atom is -0.388 e. The molecule has 0 aliphatic rings. The summed E-state index contributed by atoms with van der Waals surface area (Å²) in [7, 11) is 1.76. The number of rotatable bonds is 6. The Morgan fingerprint density at radius 2 is 2.05 bits per heavy atom. The molecule has 0 atom stereocenters. The van der Waals surface area contributed by atoms with Crippen LogP contribution in [-0.2, 0) is 7.05 Å². The van der Waals surface area contributed by atoms with Crippen LogP contribution in [0.15, 0.2) is 6.07 Å². The molecule has 1 aromatic rings. The molecule has 2 N–H and O–H groups in total. The Balaban J connectivity index is 2.74. The summed E-state index contributed by atoms with van der Waals surface area (Å²) in [6.07, 6.45) is 1.23. The van der Waals surface area contributed by atoms with Crippen molar-refractivity contribution in [2.75, 3.05) is 6.54 Å². The molecule has 0 aliphatic heterocycles. The summed E-state index contributed by atoms with van der Waals surface area (Å²) in [6, 6.07) is 1.80. The second-order valence-electron chi connectivity index (χ2n) is 5.35. The molecule has 0 spiro atoms. The van der Waals surface area contributed by atoms with Gasteiger partial charge in [-0.2, -0.15) is 5.10 Å². The van der Waals surface area contributed by atoms with Crippen LogP contribution in [0, 0.1) is 0 Å². The molecule has 1 aromatic heterocycles. The van der Waals surface area contributed by atoms with E-state index in [-0.39, 0.29) is 18.4 Å². The molecule has 0 saturated heterocycles. The van der Waals surface area contributed by atoms with Crippen LogP contribution in [0.4, 0.5) is 0 Å². The Kier molecular flexibility index (Phi) is 5.11. The maximum Gasteiger partial charge on any atom is 0.269 e. The van der Waals surface area contributed by atoms with Gasteiger partial charge in [0.25, 0.3) is 5.91 Å². The Labute approximate surface area is 115 Å². The minimum absolute atomic E-state index is 0.192. The standard InChI is InChI=1S/C14H25N3O2/c1-6-14(19,7-2)9-15-13(18)12-8-11(10(3)4)16-17(12)5/h8,10,19H,6-7,9H2,1-5H3,(H,15,18). The van der Waals surface area contributed by atoms with Crippen LogP contribution in [0.2, 0.25) is 0 Å². The first kappa shape index (κ1) is 15.7. The largest absolute Gasteiger partial charge is 0.388 e. The fraction of sp³-hybridized carbons (Fsp3) is 0.714. The maximum atomic E-state index is 12.1. The Bertz CT molecular complexity index is 434. The Morgan fingerprint density at radius 3 is 2.47 bits per heavy atom.